The summed E-state index contributed by atoms with van der Waals surface area (Å²) in [6.45, 7) is 1.20. The summed E-state index contributed by atoms with van der Waals surface area (Å²) in [5, 5.41) is 3.02. The first-order valence-corrected chi connectivity index (χ1v) is 9.61. The third-order valence-corrected chi connectivity index (χ3v) is 5.63. The molecule has 2 aromatic rings. The summed E-state index contributed by atoms with van der Waals surface area (Å²) in [5.41, 5.74) is 2.79. The van der Waals surface area contributed by atoms with Crippen LogP contribution in [0.3, 0.4) is 0 Å². The summed E-state index contributed by atoms with van der Waals surface area (Å²) in [5.74, 6) is 0.433. The number of nitrogens with one attached hydrogen (secondary N) is 1. The van der Waals surface area contributed by atoms with Crippen LogP contribution in [0.2, 0.25) is 0 Å². The van der Waals surface area contributed by atoms with Crippen LogP contribution in [-0.2, 0) is 23.8 Å². The molecule has 28 heavy (non-hydrogen) atoms. The van der Waals surface area contributed by atoms with E-state index in [-0.39, 0.29) is 11.8 Å². The highest BCUT2D eigenvalue weighted by Crippen LogP contribution is 2.30. The first kappa shape index (κ1) is 18.8. The topological polar surface area (TPSA) is 45.2 Å². The highest BCUT2D eigenvalue weighted by molar-refractivity contribution is 5.92. The number of hydrogen-bond acceptors (Lipinski definition) is 3. The fourth-order valence-electron chi connectivity index (χ4n) is 4.01. The van der Waals surface area contributed by atoms with Gasteiger partial charge in [-0.15, -0.1) is 0 Å². The molecular weight excluding hydrogens is 367 g/mol. The van der Waals surface area contributed by atoms with Crippen LogP contribution in [0.5, 0.6) is 0 Å². The molecule has 7 heteroatoms. The van der Waals surface area contributed by atoms with Crippen LogP contribution in [-0.4, -0.2) is 24.0 Å². The first-order valence-electron chi connectivity index (χ1n) is 9.61. The van der Waals surface area contributed by atoms with Gasteiger partial charge in [0.25, 0.3) is 0 Å². The molecule has 148 valence electrons. The van der Waals surface area contributed by atoms with Gasteiger partial charge in [0.1, 0.15) is 5.82 Å². The van der Waals surface area contributed by atoms with Crippen LogP contribution in [0, 0.1) is 5.92 Å². The van der Waals surface area contributed by atoms with Crippen molar-refractivity contribution in [3.05, 3.63) is 53.2 Å². The number of aromatic nitrogens is 1. The quantitative estimate of drug-likeness (QED) is 0.844. The minimum atomic E-state index is -4.38. The van der Waals surface area contributed by atoms with Crippen LogP contribution < -0.4 is 10.2 Å². The number of rotatable bonds is 3. The number of fused-ring (bicyclic) bond motifs is 1. The van der Waals surface area contributed by atoms with Gasteiger partial charge in [-0.3, -0.25) is 4.79 Å². The zero-order chi connectivity index (χ0) is 19.7. The summed E-state index contributed by atoms with van der Waals surface area (Å²) in [6.07, 6.45) is 1.13. The molecule has 0 unspecified atom stereocenters. The molecule has 1 saturated heterocycles. The van der Waals surface area contributed by atoms with E-state index in [0.29, 0.717) is 31.7 Å². The highest BCUT2D eigenvalue weighted by atomic mass is 19.4. The van der Waals surface area contributed by atoms with Gasteiger partial charge in [0.05, 0.1) is 5.56 Å². The van der Waals surface area contributed by atoms with Gasteiger partial charge in [0, 0.05) is 30.9 Å². The SMILES string of the molecule is O=C(Nc1ccc2c(c1)CCC2)C1CCN(c2ccc(C(F)(F)F)cn2)CC1. The van der Waals surface area contributed by atoms with Crippen LogP contribution in [0.15, 0.2) is 36.5 Å². The van der Waals surface area contributed by atoms with Gasteiger partial charge in [-0.1, -0.05) is 6.07 Å². The Morgan fingerprint density at radius 1 is 1.07 bits per heavy atom. The van der Waals surface area contributed by atoms with E-state index in [1.54, 1.807) is 0 Å². The molecule has 4 rings (SSSR count). The van der Waals surface area contributed by atoms with E-state index in [4.69, 9.17) is 0 Å². The summed E-state index contributed by atoms with van der Waals surface area (Å²) in [6, 6.07) is 8.57. The fraction of sp³-hybridized carbons (Fsp3) is 0.429. The molecule has 1 aromatic heterocycles. The standard InChI is InChI=1S/C21H22F3N3O/c22-21(23,24)17-5-7-19(25-13-17)27-10-8-15(9-11-27)20(28)26-18-6-4-14-2-1-3-16(14)12-18/h4-7,12-13,15H,1-3,8-11H2,(H,26,28). The van der Waals surface area contributed by atoms with Crippen molar-refractivity contribution in [3.8, 4) is 0 Å². The van der Waals surface area contributed by atoms with Crippen molar-refractivity contribution < 1.29 is 18.0 Å². The van der Waals surface area contributed by atoms with Gasteiger partial charge in [-0.05, 0) is 67.5 Å². The molecule has 2 heterocycles. The van der Waals surface area contributed by atoms with E-state index in [2.05, 4.69) is 22.4 Å². The lowest BCUT2D eigenvalue weighted by molar-refractivity contribution is -0.137. The van der Waals surface area contributed by atoms with Crippen LogP contribution >= 0.6 is 0 Å². The van der Waals surface area contributed by atoms with Crippen molar-refractivity contribution >= 4 is 17.4 Å². The number of piperidine rings is 1. The molecule has 0 bridgehead atoms. The fourth-order valence-corrected chi connectivity index (χ4v) is 4.01. The molecule has 2 aliphatic rings. The Hall–Kier alpha value is -2.57. The zero-order valence-electron chi connectivity index (χ0n) is 15.4. The van der Waals surface area contributed by atoms with Crippen molar-refractivity contribution in [2.45, 2.75) is 38.3 Å². The normalized spacial score (nSPS) is 17.5. The van der Waals surface area contributed by atoms with Crippen molar-refractivity contribution in [3.63, 3.8) is 0 Å². The number of halogens is 3. The number of carbonyl (C=O) groups excluding carboxylic acids is 1. The predicted octanol–water partition coefficient (Wildman–Crippen LogP) is 4.44. The largest absolute Gasteiger partial charge is 0.417 e. The zero-order valence-corrected chi connectivity index (χ0v) is 15.4. The van der Waals surface area contributed by atoms with Gasteiger partial charge < -0.3 is 10.2 Å². The van der Waals surface area contributed by atoms with E-state index < -0.39 is 11.7 Å². The lowest BCUT2D eigenvalue weighted by atomic mass is 9.95. The molecule has 1 aliphatic carbocycles. The molecule has 0 atom stereocenters. The molecular formula is C21H22F3N3O. The lowest BCUT2D eigenvalue weighted by Gasteiger charge is -2.32. The van der Waals surface area contributed by atoms with Gasteiger partial charge in [-0.2, -0.15) is 13.2 Å². The highest BCUT2D eigenvalue weighted by Gasteiger charge is 2.31. The lowest BCUT2D eigenvalue weighted by Crippen LogP contribution is -2.38. The molecule has 1 fully saturated rings. The Morgan fingerprint density at radius 2 is 1.82 bits per heavy atom. The van der Waals surface area contributed by atoms with Gasteiger partial charge in [0.15, 0.2) is 0 Å². The number of nitrogens with zero attached hydrogens (tertiary/aromatic N) is 2. The smallest absolute Gasteiger partial charge is 0.357 e. The molecule has 0 saturated carbocycles. The van der Waals surface area contributed by atoms with Gasteiger partial charge >= 0.3 is 6.18 Å². The predicted molar refractivity (Wildman–Crippen MR) is 101 cm³/mol. The van der Waals surface area contributed by atoms with Crippen LogP contribution in [0.4, 0.5) is 24.7 Å². The molecule has 1 amide bonds. The maximum atomic E-state index is 12.7. The molecule has 1 aliphatic heterocycles. The second-order valence-corrected chi connectivity index (χ2v) is 7.49. The van der Waals surface area contributed by atoms with E-state index in [1.807, 2.05) is 11.0 Å². The third kappa shape index (κ3) is 3.98. The Bertz CT molecular complexity index is 856. The average Bonchev–Trinajstić information content (AvgIpc) is 3.15. The Kier molecular flexibility index (Phi) is 5.00. The number of aryl methyl sites for hydroxylation is 2. The number of alkyl halides is 3. The van der Waals surface area contributed by atoms with E-state index in [0.717, 1.165) is 30.8 Å². The van der Waals surface area contributed by atoms with Gasteiger partial charge in [-0.25, -0.2) is 4.98 Å². The minimum absolute atomic E-state index is 0.0120. The monoisotopic (exact) mass is 389 g/mol. The summed E-state index contributed by atoms with van der Waals surface area (Å²) in [7, 11) is 0. The van der Waals surface area contributed by atoms with Crippen molar-refractivity contribution in [2.24, 2.45) is 5.92 Å². The van der Waals surface area contributed by atoms with Crippen molar-refractivity contribution in [1.29, 1.82) is 0 Å². The van der Waals surface area contributed by atoms with E-state index in [9.17, 15) is 18.0 Å². The van der Waals surface area contributed by atoms with E-state index in [1.165, 1.54) is 23.6 Å². The minimum Gasteiger partial charge on any atom is -0.357 e. The van der Waals surface area contributed by atoms with Gasteiger partial charge in [0.2, 0.25) is 5.91 Å². The maximum Gasteiger partial charge on any atom is 0.417 e. The number of carbonyl (C=O) groups is 1. The Balaban J connectivity index is 1.33. The third-order valence-electron chi connectivity index (χ3n) is 5.63. The summed E-state index contributed by atoms with van der Waals surface area (Å²) in [4.78, 5) is 18.5. The average molecular weight is 389 g/mol. The number of benzene rings is 1. The Labute approximate surface area is 161 Å². The molecule has 0 spiro atoms. The van der Waals surface area contributed by atoms with E-state index >= 15 is 0 Å². The first-order chi connectivity index (χ1) is 13.4. The second kappa shape index (κ2) is 7.45. The summed E-state index contributed by atoms with van der Waals surface area (Å²) >= 11 is 0. The molecule has 4 nitrogen and oxygen atoms in total. The number of hydrogen-bond donors (Lipinski definition) is 1. The number of anilines is 2. The molecule has 1 N–H and O–H groups in total. The van der Waals surface area contributed by atoms with Crippen LogP contribution in [0.1, 0.15) is 36.0 Å². The van der Waals surface area contributed by atoms with Crippen LogP contribution in [0.25, 0.3) is 0 Å². The maximum absolute atomic E-state index is 12.7. The van der Waals surface area contributed by atoms with Crippen molar-refractivity contribution in [2.75, 3.05) is 23.3 Å². The molecule has 0 radical (unpaired) electrons. The molecule has 1 aromatic carbocycles. The second-order valence-electron chi connectivity index (χ2n) is 7.49. The number of pyridine rings is 1. The van der Waals surface area contributed by atoms with Crippen molar-refractivity contribution in [1.82, 2.24) is 4.98 Å². The summed E-state index contributed by atoms with van der Waals surface area (Å²) < 4.78 is 38.0. The number of amides is 1. The Morgan fingerprint density at radius 3 is 2.50 bits per heavy atom.